The van der Waals surface area contributed by atoms with Crippen LogP contribution in [0.15, 0.2) is 47.1 Å². The van der Waals surface area contributed by atoms with Crippen LogP contribution in [0.1, 0.15) is 28.6 Å². The number of aryl methyl sites for hydroxylation is 1. The quantitative estimate of drug-likeness (QED) is 0.660. The highest BCUT2D eigenvalue weighted by molar-refractivity contribution is 5.99. The summed E-state index contributed by atoms with van der Waals surface area (Å²) >= 11 is 0. The molecule has 3 aromatic rings. The van der Waals surface area contributed by atoms with Crippen molar-refractivity contribution in [1.29, 1.82) is 5.26 Å². The number of amides is 1. The predicted molar refractivity (Wildman–Crippen MR) is 97.4 cm³/mol. The molecule has 0 radical (unpaired) electrons. The van der Waals surface area contributed by atoms with Crippen LogP contribution in [0.2, 0.25) is 0 Å². The first kappa shape index (κ1) is 19.8. The summed E-state index contributed by atoms with van der Waals surface area (Å²) in [6, 6.07) is 8.43. The van der Waals surface area contributed by atoms with E-state index in [1.807, 2.05) is 11.4 Å². The molecule has 0 saturated carbocycles. The third-order valence-corrected chi connectivity index (χ3v) is 4.08. The highest BCUT2D eigenvalue weighted by Gasteiger charge is 2.29. The molecule has 2 heterocycles. The number of esters is 1. The fourth-order valence-electron chi connectivity index (χ4n) is 2.65. The largest absolute Gasteiger partial charge is 0.449 e. The maximum Gasteiger partial charge on any atom is 0.343 e. The molecular formula is C20H15F2N3O4. The first-order chi connectivity index (χ1) is 13.8. The van der Waals surface area contributed by atoms with Gasteiger partial charge < -0.3 is 14.5 Å². The van der Waals surface area contributed by atoms with Gasteiger partial charge in [0.05, 0.1) is 0 Å². The minimum Gasteiger partial charge on any atom is -0.449 e. The lowest BCUT2D eigenvalue weighted by Crippen LogP contribution is -2.31. The molecule has 1 N–H and O–H groups in total. The van der Waals surface area contributed by atoms with Crippen molar-refractivity contribution in [2.75, 3.05) is 5.32 Å². The van der Waals surface area contributed by atoms with Crippen molar-refractivity contribution in [1.82, 2.24) is 4.57 Å². The van der Waals surface area contributed by atoms with Crippen molar-refractivity contribution >= 4 is 17.6 Å². The fraction of sp³-hybridized carbons (Fsp3) is 0.150. The predicted octanol–water partition coefficient (Wildman–Crippen LogP) is 3.71. The standard InChI is InChI=1S/C20H15F2N3O4/c1-11-16(13(10-23)19(28-11)25-8-3-4-9-25)20(27)29-12(2)18(26)24-17-14(21)6-5-7-15(17)22/h3-9,12H,1-2H3,(H,24,26)/t12-/m1/s1. The maximum atomic E-state index is 13.7. The van der Waals surface area contributed by atoms with Crippen LogP contribution in [-0.4, -0.2) is 22.5 Å². The molecule has 0 aliphatic heterocycles. The van der Waals surface area contributed by atoms with E-state index in [-0.39, 0.29) is 22.8 Å². The maximum absolute atomic E-state index is 13.7. The van der Waals surface area contributed by atoms with Crippen molar-refractivity contribution in [3.8, 4) is 12.0 Å². The number of nitriles is 1. The van der Waals surface area contributed by atoms with Crippen molar-refractivity contribution in [2.24, 2.45) is 0 Å². The first-order valence-electron chi connectivity index (χ1n) is 8.46. The van der Waals surface area contributed by atoms with Gasteiger partial charge in [0.1, 0.15) is 40.3 Å². The van der Waals surface area contributed by atoms with E-state index in [4.69, 9.17) is 9.15 Å². The molecule has 1 atom stereocenters. The minimum absolute atomic E-state index is 0.0588. The summed E-state index contributed by atoms with van der Waals surface area (Å²) in [5.41, 5.74) is -0.836. The molecule has 0 spiro atoms. The molecule has 0 saturated heterocycles. The number of anilines is 1. The van der Waals surface area contributed by atoms with Crippen molar-refractivity contribution in [2.45, 2.75) is 20.0 Å². The molecule has 0 fully saturated rings. The summed E-state index contributed by atoms with van der Waals surface area (Å²) in [7, 11) is 0. The van der Waals surface area contributed by atoms with Crippen molar-refractivity contribution in [3.63, 3.8) is 0 Å². The van der Waals surface area contributed by atoms with Gasteiger partial charge in [-0.15, -0.1) is 0 Å². The lowest BCUT2D eigenvalue weighted by atomic mass is 10.1. The van der Waals surface area contributed by atoms with Gasteiger partial charge in [-0.25, -0.2) is 13.6 Å². The Labute approximate surface area is 164 Å². The van der Waals surface area contributed by atoms with E-state index in [1.54, 1.807) is 24.5 Å². The van der Waals surface area contributed by atoms with Crippen molar-refractivity contribution in [3.05, 3.63) is 71.2 Å². The van der Waals surface area contributed by atoms with Crippen LogP contribution in [0, 0.1) is 29.9 Å². The Morgan fingerprint density at radius 1 is 1.21 bits per heavy atom. The Bertz CT molecular complexity index is 1090. The number of benzene rings is 1. The molecule has 7 nitrogen and oxygen atoms in total. The van der Waals surface area contributed by atoms with Gasteiger partial charge in [0.25, 0.3) is 5.91 Å². The van der Waals surface area contributed by atoms with Crippen LogP contribution >= 0.6 is 0 Å². The second kappa shape index (κ2) is 7.98. The average Bonchev–Trinajstić information content (AvgIpc) is 3.31. The minimum atomic E-state index is -1.39. The van der Waals surface area contributed by atoms with E-state index in [9.17, 15) is 23.6 Å². The molecule has 0 aliphatic rings. The van der Waals surface area contributed by atoms with Gasteiger partial charge in [0.15, 0.2) is 6.10 Å². The van der Waals surface area contributed by atoms with Gasteiger partial charge in [0.2, 0.25) is 5.88 Å². The summed E-state index contributed by atoms with van der Waals surface area (Å²) in [5, 5.41) is 11.5. The molecule has 3 rings (SSSR count). The van der Waals surface area contributed by atoms with Crippen LogP contribution in [0.5, 0.6) is 0 Å². The number of rotatable bonds is 5. The Balaban J connectivity index is 1.80. The van der Waals surface area contributed by atoms with E-state index >= 15 is 0 Å². The number of furan rings is 1. The van der Waals surface area contributed by atoms with Crippen LogP contribution in [-0.2, 0) is 9.53 Å². The van der Waals surface area contributed by atoms with E-state index in [2.05, 4.69) is 0 Å². The summed E-state index contributed by atoms with van der Waals surface area (Å²) < 4.78 is 39.5. The number of nitrogens with one attached hydrogen (secondary N) is 1. The SMILES string of the molecule is Cc1oc(-n2cccc2)c(C#N)c1C(=O)O[C@H](C)C(=O)Nc1c(F)cccc1F. The highest BCUT2D eigenvalue weighted by atomic mass is 19.1. The Kier molecular flexibility index (Phi) is 5.45. The van der Waals surface area contributed by atoms with E-state index in [0.29, 0.717) is 0 Å². The van der Waals surface area contributed by atoms with Crippen LogP contribution in [0.3, 0.4) is 0 Å². The summed E-state index contributed by atoms with van der Waals surface area (Å²) in [6.07, 6.45) is 1.87. The Morgan fingerprint density at radius 3 is 2.41 bits per heavy atom. The number of carbonyl (C=O) groups is 2. The third kappa shape index (κ3) is 3.87. The summed E-state index contributed by atoms with van der Waals surface area (Å²) in [6.45, 7) is 2.71. The zero-order valence-electron chi connectivity index (χ0n) is 15.4. The molecule has 9 heteroatoms. The number of hydrogen-bond acceptors (Lipinski definition) is 5. The smallest absolute Gasteiger partial charge is 0.343 e. The number of nitrogens with zero attached hydrogens (tertiary/aromatic N) is 2. The number of para-hydroxylation sites is 1. The number of hydrogen-bond donors (Lipinski definition) is 1. The lowest BCUT2D eigenvalue weighted by molar-refractivity contribution is -0.123. The number of aromatic nitrogens is 1. The second-order valence-corrected chi connectivity index (χ2v) is 6.05. The van der Waals surface area contributed by atoms with E-state index in [0.717, 1.165) is 18.2 Å². The molecule has 29 heavy (non-hydrogen) atoms. The van der Waals surface area contributed by atoms with Gasteiger partial charge in [-0.3, -0.25) is 9.36 Å². The zero-order valence-corrected chi connectivity index (χ0v) is 15.4. The monoisotopic (exact) mass is 399 g/mol. The first-order valence-corrected chi connectivity index (χ1v) is 8.46. The third-order valence-electron chi connectivity index (χ3n) is 4.08. The molecule has 0 aliphatic carbocycles. The summed E-state index contributed by atoms with van der Waals surface area (Å²) in [4.78, 5) is 24.8. The average molecular weight is 399 g/mol. The zero-order chi connectivity index (χ0) is 21.1. The van der Waals surface area contributed by atoms with Gasteiger partial charge in [-0.05, 0) is 38.1 Å². The number of halogens is 2. The second-order valence-electron chi connectivity index (χ2n) is 6.05. The molecule has 148 valence electrons. The van der Waals surface area contributed by atoms with Crippen LogP contribution in [0.4, 0.5) is 14.5 Å². The van der Waals surface area contributed by atoms with Gasteiger partial charge in [-0.1, -0.05) is 6.07 Å². The topological polar surface area (TPSA) is 97.3 Å². The fourth-order valence-corrected chi connectivity index (χ4v) is 2.65. The van der Waals surface area contributed by atoms with Crippen LogP contribution in [0.25, 0.3) is 5.88 Å². The van der Waals surface area contributed by atoms with Gasteiger partial charge >= 0.3 is 5.97 Å². The molecule has 0 unspecified atom stereocenters. The highest BCUT2D eigenvalue weighted by Crippen LogP contribution is 2.26. The number of carbonyl (C=O) groups excluding carboxylic acids is 2. The van der Waals surface area contributed by atoms with Crippen LogP contribution < -0.4 is 5.32 Å². The molecule has 1 aromatic carbocycles. The number of ether oxygens (including phenoxy) is 1. The normalized spacial score (nSPS) is 11.6. The molecule has 1 amide bonds. The Hall–Kier alpha value is -3.93. The molecule has 2 aromatic heterocycles. The summed E-state index contributed by atoms with van der Waals surface area (Å²) in [5.74, 6) is -3.59. The van der Waals surface area contributed by atoms with Gasteiger partial charge in [0, 0.05) is 12.4 Å². The Morgan fingerprint density at radius 2 is 1.83 bits per heavy atom. The lowest BCUT2D eigenvalue weighted by Gasteiger charge is -2.14. The molecule has 0 bridgehead atoms. The van der Waals surface area contributed by atoms with Gasteiger partial charge in [-0.2, -0.15) is 5.26 Å². The van der Waals surface area contributed by atoms with E-state index in [1.165, 1.54) is 18.4 Å². The molecular weight excluding hydrogens is 384 g/mol. The van der Waals surface area contributed by atoms with Crippen molar-refractivity contribution < 1.29 is 27.5 Å². The van der Waals surface area contributed by atoms with E-state index < -0.39 is 35.3 Å².